The normalized spacial score (nSPS) is 10.8. The third kappa shape index (κ3) is 5.09. The average molecular weight is 250 g/mol. The van der Waals surface area contributed by atoms with E-state index in [2.05, 4.69) is 12.1 Å². The van der Waals surface area contributed by atoms with Crippen LogP contribution in [0.25, 0.3) is 6.08 Å². The van der Waals surface area contributed by atoms with Crippen LogP contribution in [0.3, 0.4) is 0 Å². The Balaban J connectivity index is 2.55. The summed E-state index contributed by atoms with van der Waals surface area (Å²) in [6.45, 7) is 3.64. The van der Waals surface area contributed by atoms with Crippen molar-refractivity contribution in [2.24, 2.45) is 0 Å². The first kappa shape index (κ1) is 13.8. The van der Waals surface area contributed by atoms with Gasteiger partial charge >= 0.3 is 0 Å². The van der Waals surface area contributed by atoms with Gasteiger partial charge in [0.1, 0.15) is 5.75 Å². The van der Waals surface area contributed by atoms with Crippen LogP contribution in [0.5, 0.6) is 5.75 Å². The third-order valence-corrected chi connectivity index (χ3v) is 3.12. The van der Waals surface area contributed by atoms with Crippen LogP contribution >= 0.6 is 11.8 Å². The lowest BCUT2D eigenvalue weighted by molar-refractivity contribution is -0.109. The number of allylic oxidation sites excluding steroid dienone is 1. The van der Waals surface area contributed by atoms with Gasteiger partial charge < -0.3 is 4.74 Å². The number of rotatable bonds is 5. The van der Waals surface area contributed by atoms with Gasteiger partial charge in [-0.25, -0.2) is 0 Å². The Kier molecular flexibility index (Phi) is 5.84. The second kappa shape index (κ2) is 7.17. The molecule has 0 saturated heterocycles. The fourth-order valence-electron chi connectivity index (χ4n) is 1.44. The molecule has 0 fully saturated rings. The van der Waals surface area contributed by atoms with Gasteiger partial charge in [-0.15, -0.1) is 0 Å². The summed E-state index contributed by atoms with van der Waals surface area (Å²) in [7, 11) is 1.68. The van der Waals surface area contributed by atoms with E-state index < -0.39 is 0 Å². The Labute approximate surface area is 107 Å². The summed E-state index contributed by atoms with van der Waals surface area (Å²) < 4.78 is 5.31. The first-order valence-corrected chi connectivity index (χ1v) is 6.56. The van der Waals surface area contributed by atoms with Crippen LogP contribution in [0.2, 0.25) is 0 Å². The van der Waals surface area contributed by atoms with E-state index in [1.54, 1.807) is 14.0 Å². The van der Waals surface area contributed by atoms with Gasteiger partial charge in [0.15, 0.2) is 5.12 Å². The summed E-state index contributed by atoms with van der Waals surface area (Å²) in [5.41, 5.74) is 2.26. The van der Waals surface area contributed by atoms with Crippen molar-refractivity contribution in [3.8, 4) is 5.75 Å². The van der Waals surface area contributed by atoms with Crippen molar-refractivity contribution in [2.75, 3.05) is 12.9 Å². The van der Waals surface area contributed by atoms with Gasteiger partial charge in [0, 0.05) is 18.2 Å². The molecular formula is C14H18O2S. The molecule has 1 rings (SSSR count). The molecule has 0 heterocycles. The molecule has 2 nitrogen and oxygen atoms in total. The minimum atomic E-state index is 0.173. The minimum Gasteiger partial charge on any atom is -0.496 e. The van der Waals surface area contributed by atoms with Crippen LogP contribution in [0.1, 0.15) is 24.5 Å². The fraction of sp³-hybridized carbons (Fsp3) is 0.357. The molecule has 0 bridgehead atoms. The van der Waals surface area contributed by atoms with Crippen molar-refractivity contribution in [2.45, 2.75) is 20.3 Å². The lowest BCUT2D eigenvalue weighted by Gasteiger charge is -2.05. The number of benzene rings is 1. The number of ether oxygens (including phenoxy) is 1. The molecule has 3 heteroatoms. The van der Waals surface area contributed by atoms with E-state index in [9.17, 15) is 4.79 Å². The summed E-state index contributed by atoms with van der Waals surface area (Å²) >= 11 is 1.36. The number of carbonyl (C=O) groups is 1. The molecule has 92 valence electrons. The van der Waals surface area contributed by atoms with E-state index in [4.69, 9.17) is 4.74 Å². The van der Waals surface area contributed by atoms with Gasteiger partial charge in [0.2, 0.25) is 0 Å². The molecule has 0 aliphatic carbocycles. The van der Waals surface area contributed by atoms with Gasteiger partial charge in [-0.3, -0.25) is 4.79 Å². The monoisotopic (exact) mass is 250 g/mol. The van der Waals surface area contributed by atoms with Crippen molar-refractivity contribution >= 4 is 23.0 Å². The van der Waals surface area contributed by atoms with Crippen LogP contribution in [-0.2, 0) is 4.79 Å². The third-order valence-electron chi connectivity index (χ3n) is 2.28. The van der Waals surface area contributed by atoms with Crippen molar-refractivity contribution in [1.82, 2.24) is 0 Å². The van der Waals surface area contributed by atoms with Crippen LogP contribution in [-0.4, -0.2) is 18.0 Å². The SMILES string of the molecule is COc1cc(C)ccc1C=CCCSC(C)=O. The zero-order valence-electron chi connectivity index (χ0n) is 10.5. The Morgan fingerprint density at radius 1 is 1.47 bits per heavy atom. The Morgan fingerprint density at radius 2 is 2.24 bits per heavy atom. The summed E-state index contributed by atoms with van der Waals surface area (Å²) in [4.78, 5) is 10.7. The molecule has 1 aromatic carbocycles. The van der Waals surface area contributed by atoms with Crippen molar-refractivity contribution in [3.63, 3.8) is 0 Å². The summed E-state index contributed by atoms with van der Waals surface area (Å²) in [6, 6.07) is 6.12. The number of methoxy groups -OCH3 is 1. The molecule has 0 aliphatic heterocycles. The quantitative estimate of drug-likeness (QED) is 0.746. The molecule has 0 spiro atoms. The predicted molar refractivity (Wildman–Crippen MR) is 74.5 cm³/mol. The number of thioether (sulfide) groups is 1. The van der Waals surface area contributed by atoms with E-state index in [1.165, 1.54) is 17.3 Å². The molecule has 0 N–H and O–H groups in total. The topological polar surface area (TPSA) is 26.3 Å². The van der Waals surface area contributed by atoms with Crippen molar-refractivity contribution in [1.29, 1.82) is 0 Å². The Hall–Kier alpha value is -1.22. The predicted octanol–water partition coefficient (Wildman–Crippen LogP) is 3.69. The lowest BCUT2D eigenvalue weighted by atomic mass is 10.1. The van der Waals surface area contributed by atoms with E-state index in [0.29, 0.717) is 0 Å². The first-order valence-electron chi connectivity index (χ1n) is 5.58. The molecule has 1 aromatic rings. The minimum absolute atomic E-state index is 0.173. The van der Waals surface area contributed by atoms with Crippen LogP contribution in [0.4, 0.5) is 0 Å². The standard InChI is InChI=1S/C14H18O2S/c1-11-7-8-13(14(10-11)16-3)6-4-5-9-17-12(2)15/h4,6-8,10H,5,9H2,1-3H3. The van der Waals surface area contributed by atoms with Crippen molar-refractivity contribution < 1.29 is 9.53 Å². The van der Waals surface area contributed by atoms with Crippen LogP contribution < -0.4 is 4.74 Å². The molecule has 0 amide bonds. The Morgan fingerprint density at radius 3 is 2.88 bits per heavy atom. The lowest BCUT2D eigenvalue weighted by Crippen LogP contribution is -1.88. The maximum atomic E-state index is 10.7. The first-order chi connectivity index (χ1) is 8.13. The van der Waals surface area contributed by atoms with Gasteiger partial charge in [0.25, 0.3) is 0 Å². The zero-order chi connectivity index (χ0) is 12.7. The molecule has 0 aliphatic rings. The number of hydrogen-bond donors (Lipinski definition) is 0. The second-order valence-electron chi connectivity index (χ2n) is 3.78. The van der Waals surface area contributed by atoms with E-state index in [1.807, 2.05) is 25.1 Å². The maximum Gasteiger partial charge on any atom is 0.185 e. The largest absolute Gasteiger partial charge is 0.496 e. The number of aryl methyl sites for hydroxylation is 1. The van der Waals surface area contributed by atoms with Gasteiger partial charge in [-0.1, -0.05) is 36.0 Å². The highest BCUT2D eigenvalue weighted by Crippen LogP contribution is 2.21. The highest BCUT2D eigenvalue weighted by molar-refractivity contribution is 8.13. The van der Waals surface area contributed by atoms with Gasteiger partial charge in [-0.05, 0) is 25.0 Å². The van der Waals surface area contributed by atoms with E-state index in [-0.39, 0.29) is 5.12 Å². The van der Waals surface area contributed by atoms with Crippen LogP contribution in [0.15, 0.2) is 24.3 Å². The molecule has 0 unspecified atom stereocenters. The second-order valence-corrected chi connectivity index (χ2v) is 5.05. The Bertz CT molecular complexity index is 411. The van der Waals surface area contributed by atoms with Crippen LogP contribution in [0, 0.1) is 6.92 Å². The number of carbonyl (C=O) groups excluding carboxylic acids is 1. The zero-order valence-corrected chi connectivity index (χ0v) is 11.3. The molecule has 0 aromatic heterocycles. The molecule has 0 atom stereocenters. The molecule has 17 heavy (non-hydrogen) atoms. The van der Waals surface area contributed by atoms with Crippen molar-refractivity contribution in [3.05, 3.63) is 35.4 Å². The number of hydrogen-bond acceptors (Lipinski definition) is 3. The van der Waals surface area contributed by atoms with E-state index in [0.717, 1.165) is 23.5 Å². The van der Waals surface area contributed by atoms with E-state index >= 15 is 0 Å². The molecule has 0 radical (unpaired) electrons. The fourth-order valence-corrected chi connectivity index (χ4v) is 1.98. The molecule has 0 saturated carbocycles. The highest BCUT2D eigenvalue weighted by Gasteiger charge is 1.99. The van der Waals surface area contributed by atoms with Gasteiger partial charge in [-0.2, -0.15) is 0 Å². The van der Waals surface area contributed by atoms with Gasteiger partial charge in [0.05, 0.1) is 7.11 Å². The summed E-state index contributed by atoms with van der Waals surface area (Å²) in [5.74, 6) is 1.72. The maximum absolute atomic E-state index is 10.7. The summed E-state index contributed by atoms with van der Waals surface area (Å²) in [5, 5.41) is 0.173. The summed E-state index contributed by atoms with van der Waals surface area (Å²) in [6.07, 6.45) is 5.00. The average Bonchev–Trinajstić information content (AvgIpc) is 2.29. The smallest absolute Gasteiger partial charge is 0.185 e. The highest BCUT2D eigenvalue weighted by atomic mass is 32.2. The molecular weight excluding hydrogens is 232 g/mol.